The number of benzene rings is 1. The molecule has 2 aliphatic rings. The maximum Gasteiger partial charge on any atom is 0.0894 e. The van der Waals surface area contributed by atoms with Crippen molar-refractivity contribution in [3.05, 3.63) is 30.3 Å². The van der Waals surface area contributed by atoms with Crippen LogP contribution in [0, 0.1) is 17.8 Å². The number of rotatable bonds is 7. The molecule has 1 heterocycles. The average molecular weight is 426 g/mol. The highest BCUT2D eigenvalue weighted by Crippen LogP contribution is 2.44. The van der Waals surface area contributed by atoms with Gasteiger partial charge in [0.1, 0.15) is 0 Å². The van der Waals surface area contributed by atoms with Crippen LogP contribution in [0.1, 0.15) is 51.4 Å². The smallest absolute Gasteiger partial charge is 0.0894 e. The van der Waals surface area contributed by atoms with Crippen LogP contribution in [0.2, 0.25) is 18.1 Å². The summed E-state index contributed by atoms with van der Waals surface area (Å²) >= 11 is 3.68. The number of halogens is 2. The fraction of sp³-hybridized carbons (Fsp3) is 0.727. The molecule has 1 aromatic rings. The lowest BCUT2D eigenvalue weighted by Crippen LogP contribution is -2.50. The monoisotopic (exact) mass is 424 g/mol. The highest BCUT2D eigenvalue weighted by Gasteiger charge is 2.40. The van der Waals surface area contributed by atoms with Crippen molar-refractivity contribution in [2.75, 3.05) is 12.0 Å². The first-order valence-electron chi connectivity index (χ1n) is 10.4. The second kappa shape index (κ2) is 9.69. The van der Waals surface area contributed by atoms with Crippen LogP contribution in [-0.2, 0) is 0 Å². The van der Waals surface area contributed by atoms with Crippen molar-refractivity contribution in [2.24, 2.45) is 17.8 Å². The minimum Gasteiger partial charge on any atom is -0.251 e. The summed E-state index contributed by atoms with van der Waals surface area (Å²) in [7, 11) is -1.40. The van der Waals surface area contributed by atoms with E-state index in [2.05, 4.69) is 46.3 Å². The zero-order valence-electron chi connectivity index (χ0n) is 15.6. The molecule has 2 fully saturated rings. The lowest BCUT2D eigenvalue weighted by atomic mass is 9.74. The van der Waals surface area contributed by atoms with Crippen molar-refractivity contribution in [1.29, 1.82) is 0 Å². The fourth-order valence-electron chi connectivity index (χ4n) is 5.51. The molecule has 1 saturated carbocycles. The molecule has 0 spiro atoms. The first-order chi connectivity index (χ1) is 12.3. The quantitative estimate of drug-likeness (QED) is 0.259. The van der Waals surface area contributed by atoms with Crippen molar-refractivity contribution in [3.63, 3.8) is 0 Å². The number of hydrogen-bond donors (Lipinski definition) is 0. The summed E-state index contributed by atoms with van der Waals surface area (Å²) in [6, 6.07) is 15.5. The number of alkyl halides is 2. The van der Waals surface area contributed by atoms with Crippen molar-refractivity contribution in [1.82, 2.24) is 0 Å². The van der Waals surface area contributed by atoms with Crippen LogP contribution in [0.4, 0.5) is 4.39 Å². The van der Waals surface area contributed by atoms with E-state index < -0.39 is 8.07 Å². The predicted molar refractivity (Wildman–Crippen MR) is 113 cm³/mol. The van der Waals surface area contributed by atoms with E-state index in [9.17, 15) is 4.39 Å². The van der Waals surface area contributed by atoms with Crippen LogP contribution in [0.3, 0.4) is 0 Å². The van der Waals surface area contributed by atoms with E-state index in [4.69, 9.17) is 0 Å². The number of unbranched alkanes of at least 4 members (excludes halogenated alkanes) is 1. The molecular weight excluding hydrogens is 391 g/mol. The van der Waals surface area contributed by atoms with Crippen LogP contribution in [0.15, 0.2) is 30.3 Å². The van der Waals surface area contributed by atoms with E-state index >= 15 is 0 Å². The summed E-state index contributed by atoms with van der Waals surface area (Å²) < 4.78 is 12.7. The van der Waals surface area contributed by atoms with Gasteiger partial charge in [-0.2, -0.15) is 0 Å². The summed E-state index contributed by atoms with van der Waals surface area (Å²) in [5.74, 6) is 2.89. The highest BCUT2D eigenvalue weighted by atomic mass is 79.9. The van der Waals surface area contributed by atoms with Crippen LogP contribution < -0.4 is 5.19 Å². The van der Waals surface area contributed by atoms with Gasteiger partial charge in [0.15, 0.2) is 0 Å². The second-order valence-electron chi connectivity index (χ2n) is 8.56. The molecule has 0 nitrogen and oxygen atoms in total. The van der Waals surface area contributed by atoms with Crippen LogP contribution in [-0.4, -0.2) is 20.1 Å². The van der Waals surface area contributed by atoms with Gasteiger partial charge in [-0.05, 0) is 49.9 Å². The summed E-state index contributed by atoms with van der Waals surface area (Å²) in [4.78, 5) is 0. The predicted octanol–water partition coefficient (Wildman–Crippen LogP) is 6.70. The Morgan fingerprint density at radius 1 is 0.880 bits per heavy atom. The van der Waals surface area contributed by atoms with Gasteiger partial charge in [-0.25, -0.2) is 0 Å². The fourth-order valence-corrected chi connectivity index (χ4v) is 11.4. The second-order valence-corrected chi connectivity index (χ2v) is 13.9. The van der Waals surface area contributed by atoms with E-state index in [0.29, 0.717) is 0 Å². The maximum atomic E-state index is 12.7. The zero-order valence-corrected chi connectivity index (χ0v) is 18.2. The van der Waals surface area contributed by atoms with E-state index in [0.717, 1.165) is 30.6 Å². The molecule has 0 unspecified atom stereocenters. The van der Waals surface area contributed by atoms with Gasteiger partial charge in [0.25, 0.3) is 0 Å². The van der Waals surface area contributed by atoms with E-state index in [1.54, 1.807) is 5.19 Å². The third kappa shape index (κ3) is 4.97. The molecule has 1 saturated heterocycles. The van der Waals surface area contributed by atoms with E-state index in [1.165, 1.54) is 62.0 Å². The Bertz CT molecular complexity index is 490. The number of hydrogen-bond acceptors (Lipinski definition) is 0. The van der Waals surface area contributed by atoms with Crippen molar-refractivity contribution >= 4 is 29.2 Å². The molecule has 0 radical (unpaired) electrons. The third-order valence-electron chi connectivity index (χ3n) is 7.19. The molecular formula is C22H34BrFSi. The topological polar surface area (TPSA) is 0 Å². The highest BCUT2D eigenvalue weighted by molar-refractivity contribution is 9.09. The third-order valence-corrected chi connectivity index (χ3v) is 13.5. The Labute approximate surface area is 163 Å². The summed E-state index contributed by atoms with van der Waals surface area (Å²) in [5.41, 5.74) is 0. The van der Waals surface area contributed by atoms with E-state index in [1.807, 2.05) is 0 Å². The molecule has 25 heavy (non-hydrogen) atoms. The Kier molecular flexibility index (Phi) is 7.60. The molecule has 3 heteroatoms. The van der Waals surface area contributed by atoms with Gasteiger partial charge in [0.2, 0.25) is 0 Å². The molecule has 140 valence electrons. The first kappa shape index (κ1) is 19.6. The Hall–Kier alpha value is -0.153. The first-order valence-corrected chi connectivity index (χ1v) is 14.2. The van der Waals surface area contributed by atoms with Crippen molar-refractivity contribution in [2.45, 2.75) is 69.5 Å². The van der Waals surface area contributed by atoms with Gasteiger partial charge >= 0.3 is 0 Å². The van der Waals surface area contributed by atoms with Gasteiger partial charge in [-0.1, -0.05) is 88.8 Å². The van der Waals surface area contributed by atoms with Crippen molar-refractivity contribution < 1.29 is 4.39 Å². The van der Waals surface area contributed by atoms with Crippen molar-refractivity contribution in [3.8, 4) is 0 Å². The largest absolute Gasteiger partial charge is 0.251 e. The Balaban J connectivity index is 1.61. The van der Waals surface area contributed by atoms with Gasteiger partial charge in [-0.3, -0.25) is 4.39 Å². The average Bonchev–Trinajstić information content (AvgIpc) is 2.69. The molecule has 0 N–H and O–H groups in total. The Morgan fingerprint density at radius 3 is 2.12 bits per heavy atom. The lowest BCUT2D eigenvalue weighted by molar-refractivity contribution is 0.200. The maximum absolute atomic E-state index is 12.7. The summed E-state index contributed by atoms with van der Waals surface area (Å²) in [6.45, 7) is -0.140. The van der Waals surface area contributed by atoms with Gasteiger partial charge in [0.05, 0.1) is 14.7 Å². The zero-order chi connectivity index (χ0) is 17.5. The van der Waals surface area contributed by atoms with Crippen LogP contribution >= 0.6 is 15.9 Å². The molecule has 1 aliphatic heterocycles. The lowest BCUT2D eigenvalue weighted by Gasteiger charge is -2.43. The standard InChI is InChI=1S/C22H34BrFSi/c23-18-19-8-10-20(11-9-19)21-12-16-25(17-13-21,15-5-4-14-24)22-6-2-1-3-7-22/h1-3,6-7,19-21H,4-5,8-18H2/t19-,20-,21?,25?. The SMILES string of the molecule is FCCCC[Si]1(c2ccccc2)CCC([C@H]2CC[C@H](CBr)CC2)CC1. The van der Waals surface area contributed by atoms with E-state index in [-0.39, 0.29) is 6.67 Å². The summed E-state index contributed by atoms with van der Waals surface area (Å²) in [6.07, 6.45) is 10.5. The molecule has 1 aliphatic carbocycles. The molecule has 0 atom stereocenters. The molecule has 0 amide bonds. The van der Waals surface area contributed by atoms with Gasteiger partial charge in [0, 0.05) is 5.33 Å². The molecule has 0 aromatic heterocycles. The van der Waals surface area contributed by atoms with Gasteiger partial charge < -0.3 is 0 Å². The molecule has 3 rings (SSSR count). The molecule has 0 bridgehead atoms. The normalized spacial score (nSPS) is 33.3. The molecule has 1 aromatic carbocycles. The van der Waals surface area contributed by atoms with Gasteiger partial charge in [-0.15, -0.1) is 0 Å². The minimum absolute atomic E-state index is 0.140. The van der Waals surface area contributed by atoms with Crippen LogP contribution in [0.5, 0.6) is 0 Å². The Morgan fingerprint density at radius 2 is 1.52 bits per heavy atom. The minimum atomic E-state index is -1.40. The van der Waals surface area contributed by atoms with Crippen LogP contribution in [0.25, 0.3) is 0 Å². The summed E-state index contributed by atoms with van der Waals surface area (Å²) in [5, 5.41) is 2.85.